The zero-order valence-corrected chi connectivity index (χ0v) is 37.6. The van der Waals surface area contributed by atoms with E-state index < -0.39 is 46.9 Å². The summed E-state index contributed by atoms with van der Waals surface area (Å²) in [6.45, 7) is 8.36. The van der Waals surface area contributed by atoms with E-state index in [1.165, 1.54) is 36.5 Å². The fourth-order valence-corrected chi connectivity index (χ4v) is 9.30. The molecule has 0 aliphatic carbocycles. The molecule has 4 N–H and O–H groups in total. The van der Waals surface area contributed by atoms with E-state index in [4.69, 9.17) is 5.53 Å². The van der Waals surface area contributed by atoms with Crippen molar-refractivity contribution in [3.05, 3.63) is 106 Å². The van der Waals surface area contributed by atoms with Gasteiger partial charge < -0.3 is 20.1 Å². The predicted molar refractivity (Wildman–Crippen MR) is 234 cm³/mol. The number of allylic oxidation sites excluding steroid dienone is 4. The molecule has 0 bridgehead atoms. The minimum absolute atomic E-state index is 0.0417. The molecule has 2 aromatic carbocycles. The smallest absolute Gasteiger partial charge is 0.294 e. The molecule has 0 unspecified atom stereocenters. The zero-order chi connectivity index (χ0) is 46.4. The number of carbonyl (C=O) groups is 2. The highest BCUT2D eigenvalue weighted by molar-refractivity contribution is 7.86. The van der Waals surface area contributed by atoms with Crippen LogP contribution in [0.25, 0.3) is 10.4 Å². The van der Waals surface area contributed by atoms with Gasteiger partial charge in [0.2, 0.25) is 17.5 Å². The molecule has 0 saturated heterocycles. The van der Waals surface area contributed by atoms with Crippen molar-refractivity contribution >= 4 is 64.9 Å². The molecule has 0 radical (unpaired) electrons. The van der Waals surface area contributed by atoms with Gasteiger partial charge in [-0.05, 0) is 92.7 Å². The van der Waals surface area contributed by atoms with Crippen molar-refractivity contribution in [3.63, 3.8) is 0 Å². The highest BCUT2D eigenvalue weighted by Gasteiger charge is 2.45. The van der Waals surface area contributed by atoms with Crippen LogP contribution in [0.5, 0.6) is 0 Å². The Bertz CT molecular complexity index is 2740. The summed E-state index contributed by atoms with van der Waals surface area (Å²) < 4.78 is 105. The van der Waals surface area contributed by atoms with Crippen LogP contribution in [0.15, 0.2) is 93.6 Å². The number of nitrogens with zero attached hydrogens (tertiary/aromatic N) is 6. The number of pyridine rings is 1. The second-order valence-electron chi connectivity index (χ2n) is 16.2. The Kier molecular flexibility index (Phi) is 15.0. The van der Waals surface area contributed by atoms with Crippen molar-refractivity contribution in [2.75, 3.05) is 35.6 Å². The van der Waals surface area contributed by atoms with Gasteiger partial charge in [0, 0.05) is 77.5 Å². The summed E-state index contributed by atoms with van der Waals surface area (Å²) >= 11 is 0. The first kappa shape index (κ1) is 48.6. The number of benzene rings is 2. The maximum absolute atomic E-state index is 12.6. The number of anilines is 2. The first-order chi connectivity index (χ1) is 29.4. The van der Waals surface area contributed by atoms with Gasteiger partial charge in [-0.15, -0.1) is 0 Å². The zero-order valence-electron chi connectivity index (χ0n) is 35.2. The molecule has 338 valence electrons. The fourth-order valence-electron chi connectivity index (χ4n) is 7.80. The first-order valence-electron chi connectivity index (χ1n) is 19.9. The molecule has 2 aliphatic rings. The largest absolute Gasteiger partial charge is 0.744 e. The number of nitrogens with one attached hydrogen (secondary N) is 2. The van der Waals surface area contributed by atoms with E-state index in [1.807, 2.05) is 49.3 Å². The Hall–Kier alpha value is -5.48. The molecular formula is C41H50N8O11S3. The maximum Gasteiger partial charge on any atom is 0.294 e. The van der Waals surface area contributed by atoms with Crippen LogP contribution < -0.4 is 15.5 Å². The molecule has 0 saturated carbocycles. The number of rotatable bonds is 20. The van der Waals surface area contributed by atoms with E-state index >= 15 is 0 Å². The second kappa shape index (κ2) is 19.5. The van der Waals surface area contributed by atoms with Gasteiger partial charge in [-0.25, -0.2) is 8.42 Å². The van der Waals surface area contributed by atoms with Crippen molar-refractivity contribution in [2.24, 2.45) is 5.11 Å². The van der Waals surface area contributed by atoms with Crippen LogP contribution in [-0.2, 0) is 57.3 Å². The summed E-state index contributed by atoms with van der Waals surface area (Å²) in [5.74, 6) is -1.04. The normalized spacial score (nSPS) is 16.2. The standard InChI is InChI=1S/C41H50N8O11S3/c1-40(2)32-24-30(62(55,56)57)15-17-34(32)48(21-7-5-6-12-38(50)43-20-19-39(51)46-29-14-13-28(44-26-29)27-45-47-42)36(40)10-8-11-37-41(3,4)33-25-31(63(58,59)60)16-18-35(33)49(37)22-9-23-61(52,53)54/h8,10-11,13-18,24-26H,5-7,9,12,19-23,27H2,1-4H3,(H4-,43,46,50,51,52,53,54,55,56,57,58,59,60). The fraction of sp³-hybridized carbons (Fsp3) is 0.415. The summed E-state index contributed by atoms with van der Waals surface area (Å²) in [5.41, 5.74) is 11.7. The van der Waals surface area contributed by atoms with E-state index in [1.54, 1.807) is 24.3 Å². The number of carbonyl (C=O) groups excluding carboxylic acids is 2. The molecule has 3 heterocycles. The van der Waals surface area contributed by atoms with Crippen LogP contribution in [0.2, 0.25) is 0 Å². The highest BCUT2D eigenvalue weighted by atomic mass is 32.2. The van der Waals surface area contributed by atoms with Crippen LogP contribution in [0, 0.1) is 0 Å². The summed E-state index contributed by atoms with van der Waals surface area (Å²) in [4.78, 5) is 32.9. The van der Waals surface area contributed by atoms with Crippen LogP contribution in [0.3, 0.4) is 0 Å². The third-order valence-corrected chi connectivity index (χ3v) is 13.5. The molecule has 3 aromatic rings. The van der Waals surface area contributed by atoms with Crippen molar-refractivity contribution in [1.29, 1.82) is 0 Å². The number of aromatic nitrogens is 1. The van der Waals surface area contributed by atoms with Gasteiger partial charge in [0.1, 0.15) is 16.7 Å². The number of hydrogen-bond donors (Lipinski definition) is 4. The van der Waals surface area contributed by atoms with Crippen molar-refractivity contribution in [2.45, 2.75) is 93.4 Å². The third kappa shape index (κ3) is 12.2. The minimum atomic E-state index is -4.77. The summed E-state index contributed by atoms with van der Waals surface area (Å²) in [7, 11) is -13.6. The molecule has 19 nitrogen and oxygen atoms in total. The van der Waals surface area contributed by atoms with E-state index in [9.17, 15) is 48.5 Å². The van der Waals surface area contributed by atoms with Gasteiger partial charge >= 0.3 is 0 Å². The summed E-state index contributed by atoms with van der Waals surface area (Å²) in [6.07, 6.45) is 9.03. The lowest BCUT2D eigenvalue weighted by atomic mass is 9.81. The topological polar surface area (TPSA) is 292 Å². The van der Waals surface area contributed by atoms with E-state index in [0.717, 1.165) is 5.71 Å². The van der Waals surface area contributed by atoms with Crippen molar-refractivity contribution < 1.29 is 53.1 Å². The maximum atomic E-state index is 12.6. The molecule has 2 aliphatic heterocycles. The molecule has 1 aromatic heterocycles. The molecule has 0 atom stereocenters. The molecule has 0 spiro atoms. The van der Waals surface area contributed by atoms with E-state index in [0.29, 0.717) is 65.4 Å². The van der Waals surface area contributed by atoms with Crippen LogP contribution in [0.1, 0.15) is 83.0 Å². The van der Waals surface area contributed by atoms with Gasteiger partial charge in [0.25, 0.3) is 20.2 Å². The molecule has 5 rings (SSSR count). The van der Waals surface area contributed by atoms with Gasteiger partial charge in [0.15, 0.2) is 5.71 Å². The molecule has 63 heavy (non-hydrogen) atoms. The summed E-state index contributed by atoms with van der Waals surface area (Å²) in [6, 6.07) is 11.7. The van der Waals surface area contributed by atoms with Crippen molar-refractivity contribution in [1.82, 2.24) is 10.3 Å². The van der Waals surface area contributed by atoms with Gasteiger partial charge in [-0.2, -0.15) is 21.4 Å². The lowest BCUT2D eigenvalue weighted by molar-refractivity contribution is -0.438. The Morgan fingerprint density at radius 3 is 2.27 bits per heavy atom. The number of fused-ring (bicyclic) bond motifs is 2. The Balaban J connectivity index is 1.30. The molecule has 0 fully saturated rings. The number of hydrogen-bond acceptors (Lipinski definition) is 12. The monoisotopic (exact) mass is 926 g/mol. The average Bonchev–Trinajstić information content (AvgIpc) is 3.53. The Morgan fingerprint density at radius 1 is 0.905 bits per heavy atom. The van der Waals surface area contributed by atoms with Crippen LogP contribution in [0.4, 0.5) is 17.1 Å². The lowest BCUT2D eigenvalue weighted by Crippen LogP contribution is -2.29. The number of unbranched alkanes of at least 4 members (excludes halogenated alkanes) is 2. The van der Waals surface area contributed by atoms with Crippen LogP contribution >= 0.6 is 0 Å². The molecular weight excluding hydrogens is 877 g/mol. The molecule has 22 heteroatoms. The van der Waals surface area contributed by atoms with E-state index in [2.05, 4.69) is 25.6 Å². The number of amides is 2. The third-order valence-electron chi connectivity index (χ3n) is 11.0. The highest BCUT2D eigenvalue weighted by Crippen LogP contribution is 2.49. The van der Waals surface area contributed by atoms with Crippen molar-refractivity contribution in [3.8, 4) is 0 Å². The summed E-state index contributed by atoms with van der Waals surface area (Å²) in [5, 5.41) is 8.89. The number of azide groups is 1. The predicted octanol–water partition coefficient (Wildman–Crippen LogP) is 5.64. The lowest BCUT2D eigenvalue weighted by Gasteiger charge is -2.27. The molecule has 2 amide bonds. The Labute approximate surface area is 366 Å². The quantitative estimate of drug-likeness (QED) is 0.0267. The minimum Gasteiger partial charge on any atom is -0.744 e. The van der Waals surface area contributed by atoms with Gasteiger partial charge in [-0.1, -0.05) is 25.0 Å². The SMILES string of the molecule is CC1(C)C(/C=C/C=C2/N(CCCS(=O)(=O)O)c3ccc(S(=O)(=O)O)cc3C2(C)C)=[N+](CCCCCC(=O)NCCC(=O)Nc2ccc(CN=[N+]=[N-])nc2)c2ccc(S(=O)(=O)[O-])cc21. The average molecular weight is 927 g/mol. The van der Waals surface area contributed by atoms with Gasteiger partial charge in [0.05, 0.1) is 39.4 Å². The van der Waals surface area contributed by atoms with Crippen LogP contribution in [-0.4, -0.2) is 91.4 Å². The second-order valence-corrected chi connectivity index (χ2v) is 20.5. The first-order valence-corrected chi connectivity index (χ1v) is 24.4. The van der Waals surface area contributed by atoms with Gasteiger partial charge in [-0.3, -0.25) is 23.7 Å². The van der Waals surface area contributed by atoms with E-state index in [-0.39, 0.29) is 60.5 Å². The Morgan fingerprint density at radius 2 is 1.62 bits per heavy atom.